The SMILES string of the molecule is CCOC(=O)c1c(CC)nc2n1CCCN2c1c(C)cc(C)cc1C. The highest BCUT2D eigenvalue weighted by atomic mass is 16.5. The Bertz CT molecular complexity index is 785. The van der Waals surface area contributed by atoms with Crippen molar-refractivity contribution in [1.29, 1.82) is 0 Å². The molecule has 0 spiro atoms. The number of anilines is 2. The van der Waals surface area contributed by atoms with Gasteiger partial charge in [-0.25, -0.2) is 9.78 Å². The lowest BCUT2D eigenvalue weighted by molar-refractivity contribution is 0.0512. The Labute approximate surface area is 149 Å². The Hall–Kier alpha value is -2.30. The summed E-state index contributed by atoms with van der Waals surface area (Å²) in [4.78, 5) is 19.6. The van der Waals surface area contributed by atoms with Crippen LogP contribution in [0.5, 0.6) is 0 Å². The number of fused-ring (bicyclic) bond motifs is 1. The number of benzene rings is 1. The van der Waals surface area contributed by atoms with Crippen LogP contribution >= 0.6 is 0 Å². The predicted octanol–water partition coefficient (Wildman–Crippen LogP) is 4.09. The molecule has 2 aromatic rings. The molecule has 25 heavy (non-hydrogen) atoms. The van der Waals surface area contributed by atoms with Gasteiger partial charge in [0.2, 0.25) is 5.95 Å². The summed E-state index contributed by atoms with van der Waals surface area (Å²) in [5.74, 6) is 0.596. The van der Waals surface area contributed by atoms with Gasteiger partial charge in [0.1, 0.15) is 0 Å². The first-order chi connectivity index (χ1) is 12.0. The first-order valence-electron chi connectivity index (χ1n) is 9.09. The van der Waals surface area contributed by atoms with E-state index in [9.17, 15) is 4.79 Å². The highest BCUT2D eigenvalue weighted by Crippen LogP contribution is 2.36. The zero-order valence-electron chi connectivity index (χ0n) is 15.8. The van der Waals surface area contributed by atoms with Crippen LogP contribution in [-0.4, -0.2) is 28.7 Å². The number of ether oxygens (including phenoxy) is 1. The number of carbonyl (C=O) groups excluding carboxylic acids is 1. The molecule has 1 aromatic heterocycles. The van der Waals surface area contributed by atoms with E-state index in [0.29, 0.717) is 18.7 Å². The molecule has 0 amide bonds. The predicted molar refractivity (Wildman–Crippen MR) is 99.8 cm³/mol. The Kier molecular flexibility index (Phi) is 4.84. The lowest BCUT2D eigenvalue weighted by atomic mass is 10.0. The highest BCUT2D eigenvalue weighted by Gasteiger charge is 2.30. The standard InChI is InChI=1S/C20H27N3O2/c1-6-16-18(19(24)25-7-2)23-10-8-9-22(20(23)21-16)17-14(4)11-13(3)12-15(17)5/h11-12H,6-10H2,1-5H3. The van der Waals surface area contributed by atoms with Crippen LogP contribution in [0.4, 0.5) is 11.6 Å². The summed E-state index contributed by atoms with van der Waals surface area (Å²) < 4.78 is 7.32. The van der Waals surface area contributed by atoms with Gasteiger partial charge in [-0.1, -0.05) is 24.6 Å². The average Bonchev–Trinajstić information content (AvgIpc) is 2.93. The van der Waals surface area contributed by atoms with Crippen LogP contribution in [0.15, 0.2) is 12.1 Å². The van der Waals surface area contributed by atoms with Gasteiger partial charge < -0.3 is 14.2 Å². The Morgan fingerprint density at radius 3 is 2.44 bits per heavy atom. The van der Waals surface area contributed by atoms with Crippen molar-refractivity contribution < 1.29 is 9.53 Å². The second-order valence-electron chi connectivity index (χ2n) is 6.69. The van der Waals surface area contributed by atoms with Crippen LogP contribution in [0.2, 0.25) is 0 Å². The molecule has 134 valence electrons. The molecule has 0 radical (unpaired) electrons. The summed E-state index contributed by atoms with van der Waals surface area (Å²) in [6.07, 6.45) is 1.69. The van der Waals surface area contributed by atoms with Crippen LogP contribution < -0.4 is 4.90 Å². The van der Waals surface area contributed by atoms with Crippen molar-refractivity contribution in [2.75, 3.05) is 18.1 Å². The molecule has 0 atom stereocenters. The molecule has 1 aliphatic rings. The van der Waals surface area contributed by atoms with Crippen molar-refractivity contribution in [3.05, 3.63) is 40.2 Å². The molecule has 0 fully saturated rings. The van der Waals surface area contributed by atoms with E-state index in [0.717, 1.165) is 31.2 Å². The zero-order chi connectivity index (χ0) is 18.1. The molecule has 0 saturated carbocycles. The minimum Gasteiger partial charge on any atom is -0.461 e. The zero-order valence-corrected chi connectivity index (χ0v) is 15.8. The third-order valence-corrected chi connectivity index (χ3v) is 4.73. The van der Waals surface area contributed by atoms with Crippen LogP contribution in [0, 0.1) is 20.8 Å². The third-order valence-electron chi connectivity index (χ3n) is 4.73. The monoisotopic (exact) mass is 341 g/mol. The van der Waals surface area contributed by atoms with Crippen molar-refractivity contribution in [3.8, 4) is 0 Å². The van der Waals surface area contributed by atoms with Gasteiger partial charge in [0.25, 0.3) is 0 Å². The maximum absolute atomic E-state index is 12.5. The van der Waals surface area contributed by atoms with E-state index in [1.807, 2.05) is 18.4 Å². The fourth-order valence-electron chi connectivity index (χ4n) is 3.88. The Morgan fingerprint density at radius 1 is 1.16 bits per heavy atom. The maximum atomic E-state index is 12.5. The van der Waals surface area contributed by atoms with Gasteiger partial charge >= 0.3 is 5.97 Å². The fraction of sp³-hybridized carbons (Fsp3) is 0.500. The van der Waals surface area contributed by atoms with Crippen LogP contribution in [0.3, 0.4) is 0 Å². The van der Waals surface area contributed by atoms with Crippen LogP contribution in [0.1, 0.15) is 53.1 Å². The smallest absolute Gasteiger partial charge is 0.356 e. The molecular weight excluding hydrogens is 314 g/mol. The molecule has 1 aliphatic heterocycles. The Balaban J connectivity index is 2.14. The van der Waals surface area contributed by atoms with Gasteiger partial charge in [0.15, 0.2) is 5.69 Å². The van der Waals surface area contributed by atoms with Crippen molar-refractivity contribution in [1.82, 2.24) is 9.55 Å². The van der Waals surface area contributed by atoms with E-state index in [1.165, 1.54) is 22.4 Å². The molecule has 3 rings (SSSR count). The van der Waals surface area contributed by atoms with Gasteiger partial charge in [-0.2, -0.15) is 0 Å². The van der Waals surface area contributed by atoms with Crippen molar-refractivity contribution in [2.24, 2.45) is 0 Å². The average molecular weight is 341 g/mol. The first-order valence-corrected chi connectivity index (χ1v) is 9.09. The number of hydrogen-bond donors (Lipinski definition) is 0. The molecule has 5 heteroatoms. The maximum Gasteiger partial charge on any atom is 0.356 e. The second-order valence-corrected chi connectivity index (χ2v) is 6.69. The summed E-state index contributed by atoms with van der Waals surface area (Å²) in [7, 11) is 0. The summed E-state index contributed by atoms with van der Waals surface area (Å²) >= 11 is 0. The topological polar surface area (TPSA) is 47.4 Å². The van der Waals surface area contributed by atoms with Crippen molar-refractivity contribution in [3.63, 3.8) is 0 Å². The minimum absolute atomic E-state index is 0.266. The highest BCUT2D eigenvalue weighted by molar-refractivity contribution is 5.90. The number of esters is 1. The summed E-state index contributed by atoms with van der Waals surface area (Å²) in [6, 6.07) is 4.41. The number of aryl methyl sites for hydroxylation is 4. The van der Waals surface area contributed by atoms with E-state index in [1.54, 1.807) is 0 Å². The normalized spacial score (nSPS) is 13.7. The number of aromatic nitrogens is 2. The number of hydrogen-bond acceptors (Lipinski definition) is 4. The Morgan fingerprint density at radius 2 is 1.84 bits per heavy atom. The third kappa shape index (κ3) is 3.03. The van der Waals surface area contributed by atoms with Gasteiger partial charge in [0, 0.05) is 18.8 Å². The largest absolute Gasteiger partial charge is 0.461 e. The van der Waals surface area contributed by atoms with E-state index < -0.39 is 0 Å². The lowest BCUT2D eigenvalue weighted by Gasteiger charge is -2.32. The number of imidazole rings is 1. The van der Waals surface area contributed by atoms with Gasteiger partial charge in [-0.15, -0.1) is 0 Å². The molecule has 2 heterocycles. The summed E-state index contributed by atoms with van der Waals surface area (Å²) in [5.41, 5.74) is 6.39. The molecule has 0 bridgehead atoms. The van der Waals surface area contributed by atoms with Crippen molar-refractivity contribution in [2.45, 2.75) is 54.0 Å². The van der Waals surface area contributed by atoms with Crippen molar-refractivity contribution >= 4 is 17.6 Å². The lowest BCUT2D eigenvalue weighted by Crippen LogP contribution is -2.30. The van der Waals surface area contributed by atoms with Crippen LogP contribution in [-0.2, 0) is 17.7 Å². The summed E-state index contributed by atoms with van der Waals surface area (Å²) in [5, 5.41) is 0. The van der Waals surface area contributed by atoms with Gasteiger partial charge in [-0.3, -0.25) is 0 Å². The number of rotatable bonds is 4. The second kappa shape index (κ2) is 6.90. The molecule has 0 aliphatic carbocycles. The van der Waals surface area contributed by atoms with Gasteiger partial charge in [0.05, 0.1) is 12.3 Å². The molecule has 5 nitrogen and oxygen atoms in total. The minimum atomic E-state index is -0.266. The number of nitrogens with zero attached hydrogens (tertiary/aromatic N) is 3. The molecule has 0 N–H and O–H groups in total. The fourth-order valence-corrected chi connectivity index (χ4v) is 3.88. The molecular formula is C20H27N3O2. The summed E-state index contributed by atoms with van der Waals surface area (Å²) in [6.45, 7) is 12.4. The van der Waals surface area contributed by atoms with E-state index in [-0.39, 0.29) is 5.97 Å². The van der Waals surface area contributed by atoms with Gasteiger partial charge in [-0.05, 0) is 51.7 Å². The molecule has 0 saturated heterocycles. The van der Waals surface area contributed by atoms with Crippen LogP contribution in [0.25, 0.3) is 0 Å². The molecule has 1 aromatic carbocycles. The number of carbonyl (C=O) groups is 1. The van der Waals surface area contributed by atoms with E-state index in [2.05, 4.69) is 37.8 Å². The van der Waals surface area contributed by atoms with E-state index >= 15 is 0 Å². The quantitative estimate of drug-likeness (QED) is 0.786. The van der Waals surface area contributed by atoms with E-state index in [4.69, 9.17) is 9.72 Å². The first kappa shape index (κ1) is 17.5. The molecule has 0 unspecified atom stereocenters.